The molecule has 0 bridgehead atoms. The Kier molecular flexibility index (Phi) is 3.84. The van der Waals surface area contributed by atoms with Gasteiger partial charge in [-0.2, -0.15) is 5.10 Å². The van der Waals surface area contributed by atoms with E-state index < -0.39 is 5.82 Å². The van der Waals surface area contributed by atoms with Crippen molar-refractivity contribution in [1.82, 2.24) is 9.66 Å². The molecule has 0 spiro atoms. The van der Waals surface area contributed by atoms with Crippen molar-refractivity contribution in [2.75, 3.05) is 12.8 Å². The van der Waals surface area contributed by atoms with Crippen molar-refractivity contribution in [3.05, 3.63) is 39.9 Å². The molecule has 1 aromatic carbocycles. The average molecular weight is 327 g/mol. The molecule has 7 heteroatoms. The number of nitrogens with zero attached hydrogens (tertiary/aromatic N) is 3. The Morgan fingerprint density at radius 3 is 2.84 bits per heavy atom. The molecular weight excluding hydrogens is 315 g/mol. The zero-order valence-corrected chi connectivity index (χ0v) is 12.0. The Morgan fingerprint density at radius 1 is 1.53 bits per heavy atom. The number of nitrogen functional groups attached to an aromatic ring is 1. The Balaban J connectivity index is 2.38. The van der Waals surface area contributed by atoms with E-state index >= 15 is 0 Å². The Labute approximate surface area is 118 Å². The third-order valence-corrected chi connectivity index (χ3v) is 3.18. The summed E-state index contributed by atoms with van der Waals surface area (Å²) >= 11 is 3.13. The number of ether oxygens (including phenoxy) is 1. The van der Waals surface area contributed by atoms with Gasteiger partial charge in [-0.3, -0.25) is 0 Å². The van der Waals surface area contributed by atoms with Crippen LogP contribution in [0.5, 0.6) is 5.75 Å². The van der Waals surface area contributed by atoms with Crippen molar-refractivity contribution in [2.24, 2.45) is 5.10 Å². The third-order valence-electron chi connectivity index (χ3n) is 2.44. The quantitative estimate of drug-likeness (QED) is 0.881. The summed E-state index contributed by atoms with van der Waals surface area (Å²) in [7, 11) is 1.46. The second-order valence-electron chi connectivity index (χ2n) is 3.81. The summed E-state index contributed by atoms with van der Waals surface area (Å²) in [6, 6.07) is 2.90. The molecule has 0 aliphatic rings. The second kappa shape index (κ2) is 5.40. The number of hydrogen-bond acceptors (Lipinski definition) is 4. The second-order valence-corrected chi connectivity index (χ2v) is 4.61. The molecule has 2 rings (SSSR count). The summed E-state index contributed by atoms with van der Waals surface area (Å²) in [5, 5.41) is 4.16. The molecule has 0 fully saturated rings. The molecule has 0 aliphatic carbocycles. The highest BCUT2D eigenvalue weighted by molar-refractivity contribution is 9.10. The Morgan fingerprint density at radius 2 is 2.26 bits per heavy atom. The van der Waals surface area contributed by atoms with Gasteiger partial charge in [0.15, 0.2) is 0 Å². The lowest BCUT2D eigenvalue weighted by Crippen LogP contribution is -1.99. The van der Waals surface area contributed by atoms with Crippen LogP contribution < -0.4 is 10.5 Å². The minimum Gasteiger partial charge on any atom is -0.495 e. The molecule has 2 aromatic rings. The van der Waals surface area contributed by atoms with Gasteiger partial charge in [-0.25, -0.2) is 14.1 Å². The maximum atomic E-state index is 13.4. The van der Waals surface area contributed by atoms with E-state index in [4.69, 9.17) is 10.5 Å². The summed E-state index contributed by atoms with van der Waals surface area (Å²) < 4.78 is 20.2. The van der Waals surface area contributed by atoms with Crippen LogP contribution in [0.3, 0.4) is 0 Å². The summed E-state index contributed by atoms with van der Waals surface area (Å²) in [6.07, 6.45) is 3.22. The van der Waals surface area contributed by atoms with Crippen LogP contribution in [-0.4, -0.2) is 23.0 Å². The van der Waals surface area contributed by atoms with Crippen molar-refractivity contribution in [3.8, 4) is 5.75 Å². The van der Waals surface area contributed by atoms with E-state index in [2.05, 4.69) is 26.0 Å². The molecule has 0 atom stereocenters. The highest BCUT2D eigenvalue weighted by Gasteiger charge is 2.10. The van der Waals surface area contributed by atoms with E-state index in [1.54, 1.807) is 12.3 Å². The monoisotopic (exact) mass is 326 g/mol. The number of aryl methyl sites for hydroxylation is 1. The van der Waals surface area contributed by atoms with Crippen molar-refractivity contribution in [1.29, 1.82) is 0 Å². The van der Waals surface area contributed by atoms with Gasteiger partial charge in [-0.05, 0) is 35.0 Å². The highest BCUT2D eigenvalue weighted by atomic mass is 79.9. The van der Waals surface area contributed by atoms with Crippen LogP contribution in [0, 0.1) is 12.7 Å². The van der Waals surface area contributed by atoms with Crippen LogP contribution in [0.1, 0.15) is 11.3 Å². The van der Waals surface area contributed by atoms with Crippen molar-refractivity contribution >= 4 is 28.1 Å². The molecule has 19 heavy (non-hydrogen) atoms. The number of hydrogen-bond donors (Lipinski definition) is 1. The molecule has 0 amide bonds. The number of methoxy groups -OCH3 is 1. The van der Waals surface area contributed by atoms with Crippen LogP contribution in [0.25, 0.3) is 0 Å². The van der Waals surface area contributed by atoms with Gasteiger partial charge in [0.05, 0.1) is 29.7 Å². The maximum Gasteiger partial charge on any atom is 0.221 e. The molecule has 0 aliphatic heterocycles. The van der Waals surface area contributed by atoms with Gasteiger partial charge >= 0.3 is 0 Å². The molecule has 2 N–H and O–H groups in total. The van der Waals surface area contributed by atoms with Gasteiger partial charge in [-0.15, -0.1) is 0 Å². The first kappa shape index (κ1) is 13.5. The summed E-state index contributed by atoms with van der Waals surface area (Å²) in [5.74, 6) is 0.264. The van der Waals surface area contributed by atoms with Gasteiger partial charge < -0.3 is 10.5 Å². The molecule has 1 aromatic heterocycles. The Hall–Kier alpha value is -1.89. The predicted octanol–water partition coefficient (Wildman–Crippen LogP) is 2.57. The average Bonchev–Trinajstić information content (AvgIpc) is 2.69. The maximum absolute atomic E-state index is 13.4. The minimum absolute atomic E-state index is 0.258. The summed E-state index contributed by atoms with van der Waals surface area (Å²) in [5.41, 5.74) is 7.06. The SMILES string of the molecule is COc1c(C=Nn2cc(C)nc2N)ccc(F)c1Br. The Bertz CT molecular complexity index is 639. The third kappa shape index (κ3) is 2.76. The first-order chi connectivity index (χ1) is 9.02. The van der Waals surface area contributed by atoms with Crippen LogP contribution in [0.2, 0.25) is 0 Å². The van der Waals surface area contributed by atoms with E-state index in [-0.39, 0.29) is 10.4 Å². The van der Waals surface area contributed by atoms with Crippen molar-refractivity contribution in [2.45, 2.75) is 6.92 Å². The van der Waals surface area contributed by atoms with E-state index in [0.717, 1.165) is 5.69 Å². The van der Waals surface area contributed by atoms with E-state index in [1.807, 2.05) is 6.92 Å². The topological polar surface area (TPSA) is 65.4 Å². The van der Waals surface area contributed by atoms with Gasteiger partial charge in [-0.1, -0.05) is 0 Å². The number of anilines is 1. The van der Waals surface area contributed by atoms with Gasteiger partial charge in [0.1, 0.15) is 11.6 Å². The minimum atomic E-state index is -0.396. The molecule has 0 saturated heterocycles. The van der Waals surface area contributed by atoms with Gasteiger partial charge in [0.25, 0.3) is 0 Å². The first-order valence-electron chi connectivity index (χ1n) is 5.40. The standard InChI is InChI=1S/C12H12BrFN4O/c1-7-6-18(12(15)17-7)16-5-8-3-4-9(14)10(13)11(8)19-2/h3-6H,1-2H3,(H2,15,17). The molecule has 100 valence electrons. The zero-order chi connectivity index (χ0) is 14.0. The van der Waals surface area contributed by atoms with Gasteiger partial charge in [0.2, 0.25) is 5.95 Å². The number of benzene rings is 1. The molecule has 0 saturated carbocycles. The first-order valence-corrected chi connectivity index (χ1v) is 6.20. The zero-order valence-electron chi connectivity index (χ0n) is 10.4. The number of halogens is 2. The normalized spacial score (nSPS) is 11.2. The fraction of sp³-hybridized carbons (Fsp3) is 0.167. The molecule has 0 unspecified atom stereocenters. The molecule has 1 heterocycles. The smallest absolute Gasteiger partial charge is 0.221 e. The number of aromatic nitrogens is 2. The lowest BCUT2D eigenvalue weighted by atomic mass is 10.2. The lowest BCUT2D eigenvalue weighted by molar-refractivity contribution is 0.407. The fourth-order valence-electron chi connectivity index (χ4n) is 1.58. The van der Waals surface area contributed by atoms with Crippen LogP contribution in [0.4, 0.5) is 10.3 Å². The largest absolute Gasteiger partial charge is 0.495 e. The van der Waals surface area contributed by atoms with Crippen LogP contribution in [0.15, 0.2) is 27.9 Å². The number of rotatable bonds is 3. The van der Waals surface area contributed by atoms with Crippen LogP contribution in [-0.2, 0) is 0 Å². The van der Waals surface area contributed by atoms with E-state index in [1.165, 1.54) is 24.1 Å². The molecular formula is C12H12BrFN4O. The van der Waals surface area contributed by atoms with Crippen molar-refractivity contribution in [3.63, 3.8) is 0 Å². The van der Waals surface area contributed by atoms with Gasteiger partial charge in [0, 0.05) is 5.56 Å². The number of imidazole rings is 1. The number of nitrogens with two attached hydrogens (primary N) is 1. The highest BCUT2D eigenvalue weighted by Crippen LogP contribution is 2.30. The predicted molar refractivity (Wildman–Crippen MR) is 75.0 cm³/mol. The molecule has 5 nitrogen and oxygen atoms in total. The van der Waals surface area contributed by atoms with Crippen LogP contribution >= 0.6 is 15.9 Å². The van der Waals surface area contributed by atoms with E-state index in [0.29, 0.717) is 11.3 Å². The fourth-order valence-corrected chi connectivity index (χ4v) is 2.10. The molecule has 0 radical (unpaired) electrons. The summed E-state index contributed by atoms with van der Waals surface area (Å²) in [6.45, 7) is 1.82. The van der Waals surface area contributed by atoms with E-state index in [9.17, 15) is 4.39 Å². The van der Waals surface area contributed by atoms with Crippen molar-refractivity contribution < 1.29 is 9.13 Å². The lowest BCUT2D eigenvalue weighted by Gasteiger charge is -2.07. The summed E-state index contributed by atoms with van der Waals surface area (Å²) in [4.78, 5) is 4.02.